The summed E-state index contributed by atoms with van der Waals surface area (Å²) in [7, 11) is 0. The van der Waals surface area contributed by atoms with E-state index in [9.17, 15) is 0 Å². The summed E-state index contributed by atoms with van der Waals surface area (Å²) in [6, 6.07) is 0. The van der Waals surface area contributed by atoms with Crippen molar-refractivity contribution < 1.29 is 0 Å². The molecule has 0 aliphatic rings. The second-order valence-electron chi connectivity index (χ2n) is 7.60. The van der Waals surface area contributed by atoms with Crippen molar-refractivity contribution >= 4 is 0 Å². The van der Waals surface area contributed by atoms with E-state index in [1.807, 2.05) is 27.7 Å². The highest BCUT2D eigenvalue weighted by Crippen LogP contribution is 2.16. The molecule has 158 valence electrons. The number of hydrogen-bond donors (Lipinski definition) is 0. The van der Waals surface area contributed by atoms with Crippen LogP contribution in [0.5, 0.6) is 0 Å². The highest BCUT2D eigenvalue weighted by molar-refractivity contribution is 4.66. The van der Waals surface area contributed by atoms with E-state index >= 15 is 0 Å². The zero-order valence-corrected chi connectivity index (χ0v) is 20.5. The fraction of sp³-hybridized carbons (Fsp3) is 1.00. The van der Waals surface area contributed by atoms with Crippen LogP contribution in [-0.2, 0) is 0 Å². The van der Waals surface area contributed by atoms with Gasteiger partial charge in [0.05, 0.1) is 0 Å². The van der Waals surface area contributed by atoms with Gasteiger partial charge < -0.3 is 4.90 Å². The summed E-state index contributed by atoms with van der Waals surface area (Å²) in [5.41, 5.74) is 0. The first-order valence-electron chi connectivity index (χ1n) is 11.6. The summed E-state index contributed by atoms with van der Waals surface area (Å²) in [5.74, 6) is 2.55. The summed E-state index contributed by atoms with van der Waals surface area (Å²) in [4.78, 5) is 2.64. The van der Waals surface area contributed by atoms with Gasteiger partial charge in [-0.25, -0.2) is 0 Å². The predicted molar refractivity (Wildman–Crippen MR) is 123 cm³/mol. The van der Waals surface area contributed by atoms with Gasteiger partial charge in [0.1, 0.15) is 0 Å². The molecule has 0 heterocycles. The van der Waals surface area contributed by atoms with Crippen molar-refractivity contribution in [2.75, 3.05) is 19.6 Å². The van der Waals surface area contributed by atoms with Gasteiger partial charge in [-0.3, -0.25) is 0 Å². The molecular formula is C24H57N. The molecule has 0 saturated carbocycles. The molecule has 0 aromatic rings. The van der Waals surface area contributed by atoms with Gasteiger partial charge in [0.15, 0.2) is 0 Å². The lowest BCUT2D eigenvalue weighted by molar-refractivity contribution is 0.207. The fourth-order valence-electron chi connectivity index (χ4n) is 2.50. The molecule has 1 unspecified atom stereocenters. The van der Waals surface area contributed by atoms with E-state index in [4.69, 9.17) is 0 Å². The van der Waals surface area contributed by atoms with Gasteiger partial charge in [-0.1, -0.05) is 115 Å². The van der Waals surface area contributed by atoms with Crippen molar-refractivity contribution in [3.05, 3.63) is 0 Å². The molecule has 0 N–H and O–H groups in total. The van der Waals surface area contributed by atoms with Gasteiger partial charge in [0.25, 0.3) is 0 Å². The third-order valence-corrected chi connectivity index (χ3v) is 3.63. The molecule has 0 aliphatic carbocycles. The van der Waals surface area contributed by atoms with E-state index in [1.54, 1.807) is 0 Å². The van der Waals surface area contributed by atoms with E-state index in [-0.39, 0.29) is 0 Å². The molecule has 0 amide bonds. The Morgan fingerprint density at radius 2 is 1.16 bits per heavy atom. The van der Waals surface area contributed by atoms with E-state index in [1.165, 1.54) is 58.2 Å². The number of hydrogen-bond acceptors (Lipinski definition) is 1. The van der Waals surface area contributed by atoms with Gasteiger partial charge in [-0.2, -0.15) is 0 Å². The number of nitrogens with zero attached hydrogens (tertiary/aromatic N) is 1. The minimum absolute atomic E-state index is 0.799. The lowest BCUT2D eigenvalue weighted by Crippen LogP contribution is -2.32. The third kappa shape index (κ3) is 35.8. The molecule has 1 heteroatoms. The second-order valence-corrected chi connectivity index (χ2v) is 7.60. The maximum atomic E-state index is 2.64. The highest BCUT2D eigenvalue weighted by atomic mass is 15.1. The van der Waals surface area contributed by atoms with Crippen LogP contribution in [0.15, 0.2) is 0 Å². The van der Waals surface area contributed by atoms with Gasteiger partial charge in [-0.05, 0) is 30.7 Å². The number of unbranched alkanes of at least 4 members (excludes halogenated alkanes) is 3. The Morgan fingerprint density at radius 1 is 0.680 bits per heavy atom. The molecule has 0 aromatic heterocycles. The van der Waals surface area contributed by atoms with Crippen LogP contribution in [0.1, 0.15) is 122 Å². The van der Waals surface area contributed by atoms with Crippen molar-refractivity contribution in [3.8, 4) is 0 Å². The molecule has 25 heavy (non-hydrogen) atoms. The fourth-order valence-corrected chi connectivity index (χ4v) is 2.50. The largest absolute Gasteiger partial charge is 0.303 e. The summed E-state index contributed by atoms with van der Waals surface area (Å²) in [6.45, 7) is 29.9. The van der Waals surface area contributed by atoms with Crippen molar-refractivity contribution in [2.24, 2.45) is 17.8 Å². The minimum atomic E-state index is 0.799. The Hall–Kier alpha value is -0.0400. The Morgan fingerprint density at radius 3 is 1.48 bits per heavy atom. The van der Waals surface area contributed by atoms with Crippen LogP contribution in [0.25, 0.3) is 0 Å². The smallest absolute Gasteiger partial charge is 0.000955 e. The standard InChI is InChI=1S/C16H35N.C4H10.2C2H6/c1-6-9-10-11-12-16(7-2)14-17(8-3)13-15(4)5;1-4(2)3;2*1-2/h15-16H,6-14H2,1-5H3;4H,1-3H3;2*1-2H3. The summed E-state index contributed by atoms with van der Waals surface area (Å²) in [5, 5.41) is 0. The average molecular weight is 360 g/mol. The predicted octanol–water partition coefficient (Wildman–Crippen LogP) is 8.68. The Bertz CT molecular complexity index is 184. The van der Waals surface area contributed by atoms with Crippen LogP contribution in [0.4, 0.5) is 0 Å². The first kappa shape index (κ1) is 32.6. The quantitative estimate of drug-likeness (QED) is 0.333. The molecule has 0 aromatic carbocycles. The second kappa shape index (κ2) is 28.8. The molecular weight excluding hydrogens is 302 g/mol. The van der Waals surface area contributed by atoms with Gasteiger partial charge in [0.2, 0.25) is 0 Å². The van der Waals surface area contributed by atoms with Crippen LogP contribution in [0.3, 0.4) is 0 Å². The van der Waals surface area contributed by atoms with Crippen LogP contribution < -0.4 is 0 Å². The average Bonchev–Trinajstić information content (AvgIpc) is 2.59. The van der Waals surface area contributed by atoms with Gasteiger partial charge >= 0.3 is 0 Å². The molecule has 0 saturated heterocycles. The van der Waals surface area contributed by atoms with Crippen molar-refractivity contribution in [3.63, 3.8) is 0 Å². The van der Waals surface area contributed by atoms with Crippen LogP contribution in [0, 0.1) is 17.8 Å². The topological polar surface area (TPSA) is 3.24 Å². The summed E-state index contributed by atoms with van der Waals surface area (Å²) in [6.07, 6.45) is 8.42. The lowest BCUT2D eigenvalue weighted by atomic mass is 9.97. The van der Waals surface area contributed by atoms with Gasteiger partial charge in [-0.15, -0.1) is 0 Å². The zero-order chi connectivity index (χ0) is 20.7. The molecule has 0 bridgehead atoms. The monoisotopic (exact) mass is 359 g/mol. The Balaban J connectivity index is -0.000000234. The molecule has 0 fully saturated rings. The molecule has 0 aliphatic heterocycles. The first-order valence-corrected chi connectivity index (χ1v) is 11.6. The van der Waals surface area contributed by atoms with Crippen molar-refractivity contribution in [1.29, 1.82) is 0 Å². The van der Waals surface area contributed by atoms with Crippen molar-refractivity contribution in [1.82, 2.24) is 4.90 Å². The number of rotatable bonds is 11. The molecule has 0 radical (unpaired) electrons. The summed E-state index contributed by atoms with van der Waals surface area (Å²) < 4.78 is 0. The first-order chi connectivity index (χ1) is 11.9. The highest BCUT2D eigenvalue weighted by Gasteiger charge is 2.12. The van der Waals surface area contributed by atoms with Crippen molar-refractivity contribution in [2.45, 2.75) is 122 Å². The van der Waals surface area contributed by atoms with E-state index in [0.717, 1.165) is 17.8 Å². The van der Waals surface area contributed by atoms with Crippen LogP contribution in [0.2, 0.25) is 0 Å². The lowest BCUT2D eigenvalue weighted by Gasteiger charge is -2.27. The third-order valence-electron chi connectivity index (χ3n) is 3.63. The zero-order valence-electron chi connectivity index (χ0n) is 20.5. The Labute approximate surface area is 164 Å². The minimum Gasteiger partial charge on any atom is -0.303 e. The summed E-state index contributed by atoms with van der Waals surface area (Å²) >= 11 is 0. The molecule has 0 spiro atoms. The molecule has 1 atom stereocenters. The van der Waals surface area contributed by atoms with Crippen LogP contribution in [-0.4, -0.2) is 24.5 Å². The normalized spacial score (nSPS) is 11.2. The van der Waals surface area contributed by atoms with Crippen LogP contribution >= 0.6 is 0 Å². The van der Waals surface area contributed by atoms with E-state index < -0.39 is 0 Å². The molecule has 1 nitrogen and oxygen atoms in total. The molecule has 0 rings (SSSR count). The maximum absolute atomic E-state index is 2.64. The van der Waals surface area contributed by atoms with E-state index in [0.29, 0.717) is 0 Å². The van der Waals surface area contributed by atoms with E-state index in [2.05, 4.69) is 60.3 Å². The SMILES string of the molecule is CC.CC.CC(C)C.CCCCCCC(CC)CN(CC)CC(C)C. The maximum Gasteiger partial charge on any atom is 0.000955 e. The Kier molecular flexibility index (Phi) is 37.5. The van der Waals surface area contributed by atoms with Gasteiger partial charge in [0, 0.05) is 13.1 Å².